The zero-order chi connectivity index (χ0) is 29.4. The number of furan rings is 1. The third kappa shape index (κ3) is 8.21. The summed E-state index contributed by atoms with van der Waals surface area (Å²) in [5.74, 6) is 0.747. The molecule has 0 unspecified atom stereocenters. The topological polar surface area (TPSA) is 107 Å². The molecule has 2 atom stereocenters. The number of amides is 2. The minimum absolute atomic E-state index is 0.0859. The lowest BCUT2D eigenvalue weighted by atomic mass is 10.0. The van der Waals surface area contributed by atoms with E-state index in [0.717, 1.165) is 16.9 Å². The van der Waals surface area contributed by atoms with E-state index in [1.165, 1.54) is 0 Å². The van der Waals surface area contributed by atoms with Crippen LogP contribution in [0.2, 0.25) is 10.0 Å². The smallest absolute Gasteiger partial charge is 0.253 e. The lowest BCUT2D eigenvalue weighted by Crippen LogP contribution is -2.40. The summed E-state index contributed by atoms with van der Waals surface area (Å²) < 4.78 is 6.06. The van der Waals surface area contributed by atoms with Crippen LogP contribution >= 0.6 is 23.2 Å². The average Bonchev–Trinajstić information content (AvgIpc) is 3.46. The molecular formula is C32H30Cl2N4O3. The van der Waals surface area contributed by atoms with Gasteiger partial charge in [0.15, 0.2) is 0 Å². The number of nitrogens with one attached hydrogen (secondary N) is 3. The van der Waals surface area contributed by atoms with Gasteiger partial charge in [0.1, 0.15) is 11.5 Å². The highest BCUT2D eigenvalue weighted by atomic mass is 35.5. The Balaban J connectivity index is 1.45. The van der Waals surface area contributed by atoms with Gasteiger partial charge in [0.25, 0.3) is 5.91 Å². The quantitative estimate of drug-likeness (QED) is 0.186. The molecule has 0 aliphatic rings. The Hall–Kier alpha value is -4.09. The Bertz CT molecular complexity index is 1540. The van der Waals surface area contributed by atoms with Crippen LogP contribution in [0.3, 0.4) is 0 Å². The number of carbonyl (C=O) groups excluding carboxylic acids is 2. The van der Waals surface area contributed by atoms with Gasteiger partial charge in [-0.15, -0.1) is 0 Å². The number of carbonyl (C=O) groups is 2. The van der Waals surface area contributed by atoms with Crippen LogP contribution in [0.5, 0.6) is 0 Å². The van der Waals surface area contributed by atoms with E-state index in [-0.39, 0.29) is 29.0 Å². The van der Waals surface area contributed by atoms with Crippen molar-refractivity contribution in [2.45, 2.75) is 38.4 Å². The summed E-state index contributed by atoms with van der Waals surface area (Å²) in [6.45, 7) is 2.58. The number of nitrogens with zero attached hydrogens (tertiary/aromatic N) is 1. The first kappa shape index (κ1) is 29.9. The highest BCUT2D eigenvalue weighted by molar-refractivity contribution is 6.34. The molecule has 0 aliphatic carbocycles. The fraction of sp³-hybridized carbons (Fsp3) is 0.219. The van der Waals surface area contributed by atoms with Gasteiger partial charge in [-0.1, -0.05) is 47.5 Å². The lowest BCUT2D eigenvalue weighted by Gasteiger charge is -2.19. The lowest BCUT2D eigenvalue weighted by molar-refractivity contribution is -0.121. The van der Waals surface area contributed by atoms with Gasteiger partial charge in [-0.3, -0.25) is 9.59 Å². The summed E-state index contributed by atoms with van der Waals surface area (Å²) in [7, 11) is 1.55. The van der Waals surface area contributed by atoms with Crippen LogP contribution in [0.1, 0.15) is 52.2 Å². The van der Waals surface area contributed by atoms with Crippen molar-refractivity contribution in [3.63, 3.8) is 0 Å². The molecule has 0 spiro atoms. The van der Waals surface area contributed by atoms with Crippen molar-refractivity contribution in [2.24, 2.45) is 0 Å². The van der Waals surface area contributed by atoms with E-state index in [9.17, 15) is 9.59 Å². The largest absolute Gasteiger partial charge is 0.460 e. The SMILES string of the molecule is CNC(=O)C[C@@H](Cc1ccc(C#N)cc1)NC(=O)c1cc(-c2ccc(CN[C@H](C)c3ccc(Cl)cc3)o2)ccc1Cl. The predicted octanol–water partition coefficient (Wildman–Crippen LogP) is 6.45. The first-order valence-corrected chi connectivity index (χ1v) is 13.9. The van der Waals surface area contributed by atoms with Gasteiger partial charge in [0.05, 0.1) is 28.8 Å². The molecule has 3 aromatic carbocycles. The summed E-state index contributed by atoms with van der Waals surface area (Å²) >= 11 is 12.4. The van der Waals surface area contributed by atoms with Gasteiger partial charge < -0.3 is 20.4 Å². The average molecular weight is 590 g/mol. The molecule has 1 aromatic heterocycles. The van der Waals surface area contributed by atoms with Crippen molar-refractivity contribution in [2.75, 3.05) is 7.05 Å². The van der Waals surface area contributed by atoms with Crippen LogP contribution in [0.25, 0.3) is 11.3 Å². The van der Waals surface area contributed by atoms with Crippen molar-refractivity contribution in [1.82, 2.24) is 16.0 Å². The molecule has 0 fully saturated rings. The van der Waals surface area contributed by atoms with Crippen LogP contribution in [-0.2, 0) is 17.8 Å². The van der Waals surface area contributed by atoms with Gasteiger partial charge in [-0.2, -0.15) is 5.26 Å². The molecule has 0 radical (unpaired) electrons. The van der Waals surface area contributed by atoms with E-state index in [4.69, 9.17) is 32.9 Å². The summed E-state index contributed by atoms with van der Waals surface area (Å²) in [6.07, 6.45) is 0.494. The Morgan fingerprint density at radius 3 is 2.39 bits per heavy atom. The predicted molar refractivity (Wildman–Crippen MR) is 161 cm³/mol. The van der Waals surface area contributed by atoms with E-state index in [2.05, 4.69) is 28.9 Å². The van der Waals surface area contributed by atoms with Crippen molar-refractivity contribution >= 4 is 35.0 Å². The number of hydrogen-bond donors (Lipinski definition) is 3. The minimum Gasteiger partial charge on any atom is -0.460 e. The van der Waals surface area contributed by atoms with E-state index < -0.39 is 11.9 Å². The molecular weight excluding hydrogens is 559 g/mol. The van der Waals surface area contributed by atoms with Crippen molar-refractivity contribution in [3.8, 4) is 17.4 Å². The first-order chi connectivity index (χ1) is 19.7. The fourth-order valence-electron chi connectivity index (χ4n) is 4.37. The molecule has 0 aliphatic heterocycles. The maximum atomic E-state index is 13.3. The summed E-state index contributed by atoms with van der Waals surface area (Å²) in [4.78, 5) is 25.5. The standard InChI is InChI=1S/C32H30Cl2N4O3/c1-20(23-7-10-25(33)11-8-23)37-19-27-12-14-30(41-27)24-9-13-29(34)28(16-24)32(40)38-26(17-31(39)36-2)15-21-3-5-22(18-35)6-4-21/h3-14,16,20,26,37H,15,17,19H2,1-2H3,(H,36,39)(H,38,40)/t20-,26-/m1/s1. The highest BCUT2D eigenvalue weighted by Gasteiger charge is 2.20. The van der Waals surface area contributed by atoms with Gasteiger partial charge in [0.2, 0.25) is 5.91 Å². The molecule has 0 saturated carbocycles. The number of hydrogen-bond acceptors (Lipinski definition) is 5. The van der Waals surface area contributed by atoms with Crippen molar-refractivity contribution < 1.29 is 14.0 Å². The molecule has 2 amide bonds. The summed E-state index contributed by atoms with van der Waals surface area (Å²) in [5, 5.41) is 19.0. The van der Waals surface area contributed by atoms with Crippen LogP contribution in [-0.4, -0.2) is 24.9 Å². The van der Waals surface area contributed by atoms with Crippen LogP contribution in [0.15, 0.2) is 83.3 Å². The van der Waals surface area contributed by atoms with Crippen molar-refractivity contribution in [1.29, 1.82) is 5.26 Å². The van der Waals surface area contributed by atoms with E-state index in [1.807, 2.05) is 48.5 Å². The van der Waals surface area contributed by atoms with Gasteiger partial charge >= 0.3 is 0 Å². The molecule has 9 heteroatoms. The number of halogens is 2. The molecule has 0 saturated heterocycles. The maximum Gasteiger partial charge on any atom is 0.253 e. The van der Waals surface area contributed by atoms with Gasteiger partial charge in [-0.25, -0.2) is 0 Å². The molecule has 4 rings (SSSR count). The highest BCUT2D eigenvalue weighted by Crippen LogP contribution is 2.28. The zero-order valence-corrected chi connectivity index (χ0v) is 24.2. The molecule has 41 heavy (non-hydrogen) atoms. The third-order valence-corrected chi connectivity index (χ3v) is 7.30. The second kappa shape index (κ2) is 14.0. The van der Waals surface area contributed by atoms with E-state index >= 15 is 0 Å². The summed E-state index contributed by atoms with van der Waals surface area (Å²) in [6, 6.07) is 25.3. The number of benzene rings is 3. The second-order valence-corrected chi connectivity index (χ2v) is 10.5. The molecule has 3 N–H and O–H groups in total. The number of rotatable bonds is 11. The Labute approximate surface area is 249 Å². The van der Waals surface area contributed by atoms with Gasteiger partial charge in [0, 0.05) is 36.1 Å². The summed E-state index contributed by atoms with van der Waals surface area (Å²) in [5.41, 5.74) is 3.52. The Morgan fingerprint density at radius 2 is 1.71 bits per heavy atom. The Morgan fingerprint density at radius 1 is 0.976 bits per heavy atom. The van der Waals surface area contributed by atoms with Crippen LogP contribution in [0.4, 0.5) is 0 Å². The Kier molecular flexibility index (Phi) is 10.2. The van der Waals surface area contributed by atoms with E-state index in [1.54, 1.807) is 37.4 Å². The normalized spacial score (nSPS) is 12.3. The minimum atomic E-state index is -0.487. The first-order valence-electron chi connectivity index (χ1n) is 13.1. The molecule has 1 heterocycles. The monoisotopic (exact) mass is 588 g/mol. The number of nitriles is 1. The molecule has 210 valence electrons. The third-order valence-electron chi connectivity index (χ3n) is 6.72. The van der Waals surface area contributed by atoms with E-state index in [0.29, 0.717) is 34.9 Å². The van der Waals surface area contributed by atoms with Gasteiger partial charge in [-0.05, 0) is 79.1 Å². The maximum absolute atomic E-state index is 13.3. The zero-order valence-electron chi connectivity index (χ0n) is 22.7. The fourth-order valence-corrected chi connectivity index (χ4v) is 4.70. The van der Waals surface area contributed by atoms with Crippen LogP contribution in [0, 0.1) is 11.3 Å². The molecule has 4 aromatic rings. The molecule has 7 nitrogen and oxygen atoms in total. The second-order valence-electron chi connectivity index (χ2n) is 9.68. The van der Waals surface area contributed by atoms with Crippen molar-refractivity contribution in [3.05, 3.63) is 117 Å². The van der Waals surface area contributed by atoms with Crippen LogP contribution < -0.4 is 16.0 Å². The molecule has 0 bridgehead atoms.